The number of amides is 1. The molecule has 6 heteroatoms. The molecule has 0 atom stereocenters. The van der Waals surface area contributed by atoms with Crippen LogP contribution in [-0.2, 0) is 4.79 Å². The van der Waals surface area contributed by atoms with Crippen LogP contribution < -0.4 is 10.6 Å². The Balaban J connectivity index is 0.00000243. The van der Waals surface area contributed by atoms with E-state index >= 15 is 0 Å². The van der Waals surface area contributed by atoms with Crippen LogP contribution in [-0.4, -0.2) is 43.4 Å². The fraction of sp³-hybridized carbons (Fsp3) is 0.500. The van der Waals surface area contributed by atoms with E-state index in [9.17, 15) is 4.79 Å². The molecular formula is C20H27IN4O. The molecule has 140 valence electrons. The highest BCUT2D eigenvalue weighted by molar-refractivity contribution is 14.0. The Morgan fingerprint density at radius 2 is 2.12 bits per heavy atom. The highest BCUT2D eigenvalue weighted by atomic mass is 127. The van der Waals surface area contributed by atoms with Crippen LogP contribution in [0.25, 0.3) is 0 Å². The lowest BCUT2D eigenvalue weighted by Crippen LogP contribution is -2.44. The average Bonchev–Trinajstić information content (AvgIpc) is 3.26. The number of likely N-dealkylation sites (tertiary alicyclic amines) is 1. The molecule has 1 saturated carbocycles. The molecule has 2 fully saturated rings. The summed E-state index contributed by atoms with van der Waals surface area (Å²) in [5.74, 6) is 3.28. The lowest BCUT2D eigenvalue weighted by Gasteiger charge is -2.25. The van der Waals surface area contributed by atoms with Gasteiger partial charge < -0.3 is 15.5 Å². The standard InChI is InChI=1S/C20H26N4O.HI/c1-3-16-7-6-8-17(13-16)23-18(25)14-22-19(21-2)24-12-11-20(15-24)9-4-5-10-20;/h1,6-8,13H,4-5,9-12,14-15H2,2H3,(H,21,22)(H,23,25);1H. The fourth-order valence-electron chi connectivity index (χ4n) is 4.03. The number of aliphatic imine (C=N–C) groups is 1. The SMILES string of the molecule is C#Cc1cccc(NC(=O)CNC(=NC)N2CCC3(CCCC3)C2)c1.I. The molecule has 1 saturated heterocycles. The minimum absolute atomic E-state index is 0. The first kappa shape index (κ1) is 20.6. The molecule has 1 amide bonds. The van der Waals surface area contributed by atoms with Gasteiger partial charge in [0, 0.05) is 31.4 Å². The third kappa shape index (κ3) is 4.91. The summed E-state index contributed by atoms with van der Waals surface area (Å²) in [6.07, 6.45) is 12.0. The first-order valence-electron chi connectivity index (χ1n) is 8.96. The molecule has 0 radical (unpaired) electrons. The van der Waals surface area contributed by atoms with E-state index in [2.05, 4.69) is 26.4 Å². The fourth-order valence-corrected chi connectivity index (χ4v) is 4.03. The summed E-state index contributed by atoms with van der Waals surface area (Å²) in [6, 6.07) is 7.29. The quantitative estimate of drug-likeness (QED) is 0.312. The molecule has 0 bridgehead atoms. The molecule has 1 heterocycles. The highest BCUT2D eigenvalue weighted by Crippen LogP contribution is 2.45. The smallest absolute Gasteiger partial charge is 0.243 e. The van der Waals surface area contributed by atoms with Gasteiger partial charge in [0.25, 0.3) is 0 Å². The van der Waals surface area contributed by atoms with E-state index in [-0.39, 0.29) is 36.4 Å². The number of anilines is 1. The van der Waals surface area contributed by atoms with Crippen LogP contribution in [0.3, 0.4) is 0 Å². The Morgan fingerprint density at radius 1 is 1.35 bits per heavy atom. The van der Waals surface area contributed by atoms with Crippen molar-refractivity contribution in [2.45, 2.75) is 32.1 Å². The van der Waals surface area contributed by atoms with Gasteiger partial charge in [0.15, 0.2) is 5.96 Å². The summed E-state index contributed by atoms with van der Waals surface area (Å²) in [5, 5.41) is 6.05. The van der Waals surface area contributed by atoms with E-state index in [0.717, 1.165) is 24.6 Å². The minimum Gasteiger partial charge on any atom is -0.347 e. The number of halogens is 1. The van der Waals surface area contributed by atoms with Crippen molar-refractivity contribution in [3.05, 3.63) is 29.8 Å². The third-order valence-corrected chi connectivity index (χ3v) is 5.33. The minimum atomic E-state index is -0.106. The number of benzene rings is 1. The summed E-state index contributed by atoms with van der Waals surface area (Å²) < 4.78 is 0. The van der Waals surface area contributed by atoms with Crippen molar-refractivity contribution in [1.82, 2.24) is 10.2 Å². The Bertz CT molecular complexity index is 704. The Hall–Kier alpha value is -1.75. The summed E-state index contributed by atoms with van der Waals surface area (Å²) in [7, 11) is 1.77. The van der Waals surface area contributed by atoms with Crippen molar-refractivity contribution in [3.63, 3.8) is 0 Å². The van der Waals surface area contributed by atoms with E-state index < -0.39 is 0 Å². The van der Waals surface area contributed by atoms with Gasteiger partial charge in [0.05, 0.1) is 6.54 Å². The maximum absolute atomic E-state index is 12.2. The predicted octanol–water partition coefficient (Wildman–Crippen LogP) is 3.07. The predicted molar refractivity (Wildman–Crippen MR) is 117 cm³/mol. The first-order chi connectivity index (χ1) is 12.1. The molecule has 1 spiro atoms. The van der Waals surface area contributed by atoms with Gasteiger partial charge in [0.1, 0.15) is 0 Å². The largest absolute Gasteiger partial charge is 0.347 e. The van der Waals surface area contributed by atoms with Crippen molar-refractivity contribution >= 4 is 41.5 Å². The van der Waals surface area contributed by atoms with E-state index in [0.29, 0.717) is 11.1 Å². The molecular weight excluding hydrogens is 439 g/mol. The number of nitrogens with one attached hydrogen (secondary N) is 2. The second-order valence-corrected chi connectivity index (χ2v) is 7.05. The van der Waals surface area contributed by atoms with Crippen molar-refractivity contribution < 1.29 is 4.79 Å². The Labute approximate surface area is 173 Å². The third-order valence-electron chi connectivity index (χ3n) is 5.33. The number of terminal acetylenes is 1. The number of nitrogens with zero attached hydrogens (tertiary/aromatic N) is 2. The van der Waals surface area contributed by atoms with Gasteiger partial charge >= 0.3 is 0 Å². The zero-order valence-corrected chi connectivity index (χ0v) is 17.6. The second-order valence-electron chi connectivity index (χ2n) is 7.05. The first-order valence-corrected chi connectivity index (χ1v) is 8.96. The molecule has 2 N–H and O–H groups in total. The number of carbonyl (C=O) groups is 1. The molecule has 26 heavy (non-hydrogen) atoms. The molecule has 2 aliphatic rings. The van der Waals surface area contributed by atoms with E-state index in [1.54, 1.807) is 13.1 Å². The van der Waals surface area contributed by atoms with Gasteiger partial charge in [-0.05, 0) is 42.9 Å². The molecule has 1 aromatic carbocycles. The van der Waals surface area contributed by atoms with Gasteiger partial charge in [-0.25, -0.2) is 0 Å². The number of rotatable bonds is 3. The van der Waals surface area contributed by atoms with Gasteiger partial charge in [-0.15, -0.1) is 30.4 Å². The van der Waals surface area contributed by atoms with Crippen LogP contribution in [0.2, 0.25) is 0 Å². The average molecular weight is 466 g/mol. The summed E-state index contributed by atoms with van der Waals surface area (Å²) in [6.45, 7) is 2.26. The van der Waals surface area contributed by atoms with Crippen molar-refractivity contribution in [3.8, 4) is 12.3 Å². The van der Waals surface area contributed by atoms with Crippen LogP contribution in [0, 0.1) is 17.8 Å². The number of guanidine groups is 1. The van der Waals surface area contributed by atoms with Gasteiger partial charge in [-0.3, -0.25) is 9.79 Å². The second kappa shape index (κ2) is 9.26. The lowest BCUT2D eigenvalue weighted by atomic mass is 9.86. The summed E-state index contributed by atoms with van der Waals surface area (Å²) >= 11 is 0. The molecule has 1 aromatic rings. The van der Waals surface area contributed by atoms with Gasteiger partial charge in [0.2, 0.25) is 5.91 Å². The van der Waals surface area contributed by atoms with Crippen LogP contribution in [0.1, 0.15) is 37.7 Å². The summed E-state index contributed by atoms with van der Waals surface area (Å²) in [4.78, 5) is 18.8. The van der Waals surface area contributed by atoms with E-state index in [4.69, 9.17) is 6.42 Å². The van der Waals surface area contributed by atoms with Crippen LogP contribution in [0.15, 0.2) is 29.3 Å². The monoisotopic (exact) mass is 466 g/mol. The number of hydrogen-bond donors (Lipinski definition) is 2. The normalized spacial score (nSPS) is 18.3. The molecule has 0 unspecified atom stereocenters. The van der Waals surface area contributed by atoms with Crippen molar-refractivity contribution in [2.24, 2.45) is 10.4 Å². The maximum atomic E-state index is 12.2. The maximum Gasteiger partial charge on any atom is 0.243 e. The topological polar surface area (TPSA) is 56.7 Å². The van der Waals surface area contributed by atoms with Crippen LogP contribution in [0.5, 0.6) is 0 Å². The number of carbonyl (C=O) groups excluding carboxylic acids is 1. The highest BCUT2D eigenvalue weighted by Gasteiger charge is 2.41. The molecule has 5 nitrogen and oxygen atoms in total. The zero-order chi connectivity index (χ0) is 17.7. The molecule has 0 aromatic heterocycles. The zero-order valence-electron chi connectivity index (χ0n) is 15.3. The molecule has 1 aliphatic heterocycles. The Morgan fingerprint density at radius 3 is 2.81 bits per heavy atom. The summed E-state index contributed by atoms with van der Waals surface area (Å²) in [5.41, 5.74) is 1.94. The lowest BCUT2D eigenvalue weighted by molar-refractivity contribution is -0.115. The molecule has 1 aliphatic carbocycles. The Kier molecular flexibility index (Phi) is 7.33. The van der Waals surface area contributed by atoms with Crippen molar-refractivity contribution in [2.75, 3.05) is 32.0 Å². The van der Waals surface area contributed by atoms with Crippen molar-refractivity contribution in [1.29, 1.82) is 0 Å². The van der Waals surface area contributed by atoms with Gasteiger partial charge in [-0.2, -0.15) is 0 Å². The van der Waals surface area contributed by atoms with E-state index in [1.807, 2.05) is 18.2 Å². The van der Waals surface area contributed by atoms with Gasteiger partial charge in [-0.1, -0.05) is 24.8 Å². The van der Waals surface area contributed by atoms with Crippen LogP contribution in [0.4, 0.5) is 5.69 Å². The van der Waals surface area contributed by atoms with E-state index in [1.165, 1.54) is 32.1 Å². The van der Waals surface area contributed by atoms with Crippen LogP contribution >= 0.6 is 24.0 Å². The molecule has 3 rings (SSSR count). The number of hydrogen-bond acceptors (Lipinski definition) is 2.